The van der Waals surface area contributed by atoms with Gasteiger partial charge in [-0.05, 0) is 25.0 Å². The van der Waals surface area contributed by atoms with Crippen LogP contribution in [0.5, 0.6) is 0 Å². The van der Waals surface area contributed by atoms with E-state index in [1.807, 2.05) is 0 Å². The van der Waals surface area contributed by atoms with Crippen molar-refractivity contribution in [2.24, 2.45) is 0 Å². The Labute approximate surface area is 113 Å². The summed E-state index contributed by atoms with van der Waals surface area (Å²) in [5, 5.41) is 8.85. The first-order valence-electron chi connectivity index (χ1n) is 6.28. The molecular weight excluding hydrogens is 274 g/mol. The molecule has 18 heavy (non-hydrogen) atoms. The molecule has 0 bridgehead atoms. The van der Waals surface area contributed by atoms with Crippen molar-refractivity contribution in [3.05, 3.63) is 0 Å². The van der Waals surface area contributed by atoms with E-state index in [1.165, 1.54) is 0 Å². The zero-order chi connectivity index (χ0) is 13.6. The van der Waals surface area contributed by atoms with Crippen molar-refractivity contribution in [3.63, 3.8) is 0 Å². The molecule has 0 spiro atoms. The fourth-order valence-electron chi connectivity index (χ4n) is 2.18. The summed E-state index contributed by atoms with van der Waals surface area (Å²) >= 11 is 1.80. The van der Waals surface area contributed by atoms with Crippen LogP contribution < -0.4 is 4.72 Å². The Hall–Kier alpha value is -0.270. The number of carboxylic acids is 1. The number of hydrogen-bond donors (Lipinski definition) is 2. The zero-order valence-electron chi connectivity index (χ0n) is 10.6. The van der Waals surface area contributed by atoms with E-state index in [2.05, 4.69) is 11.6 Å². The Morgan fingerprint density at radius 2 is 2.17 bits per heavy atom. The molecule has 1 rings (SSSR count). The fraction of sp³-hybridized carbons (Fsp3) is 0.909. The molecule has 0 amide bonds. The van der Waals surface area contributed by atoms with Gasteiger partial charge in [0, 0.05) is 17.7 Å². The molecule has 1 saturated carbocycles. The Balaban J connectivity index is 2.41. The Morgan fingerprint density at radius 3 is 2.78 bits per heavy atom. The lowest BCUT2D eigenvalue weighted by Gasteiger charge is -2.19. The van der Waals surface area contributed by atoms with Gasteiger partial charge >= 0.3 is 5.97 Å². The van der Waals surface area contributed by atoms with E-state index >= 15 is 0 Å². The monoisotopic (exact) mass is 295 g/mol. The minimum atomic E-state index is -3.34. The van der Waals surface area contributed by atoms with Gasteiger partial charge in [0.1, 0.15) is 0 Å². The van der Waals surface area contributed by atoms with Crippen LogP contribution in [0.4, 0.5) is 0 Å². The van der Waals surface area contributed by atoms with Crippen LogP contribution in [0.1, 0.15) is 39.0 Å². The van der Waals surface area contributed by atoms with Crippen LogP contribution >= 0.6 is 11.8 Å². The smallest absolute Gasteiger partial charge is 0.303 e. The summed E-state index contributed by atoms with van der Waals surface area (Å²) in [6.45, 7) is 2.07. The average molecular weight is 295 g/mol. The van der Waals surface area contributed by atoms with Gasteiger partial charge in [-0.2, -0.15) is 11.8 Å². The zero-order valence-corrected chi connectivity index (χ0v) is 12.2. The molecule has 0 aromatic heterocycles. The predicted molar refractivity (Wildman–Crippen MR) is 73.4 cm³/mol. The van der Waals surface area contributed by atoms with Crippen molar-refractivity contribution in [2.75, 3.05) is 11.5 Å². The van der Waals surface area contributed by atoms with E-state index in [4.69, 9.17) is 5.11 Å². The Morgan fingerprint density at radius 1 is 1.44 bits per heavy atom. The average Bonchev–Trinajstić information content (AvgIpc) is 2.64. The normalized spacial score (nSPS) is 24.3. The number of thioether (sulfide) groups is 1. The summed E-state index contributed by atoms with van der Waals surface area (Å²) in [4.78, 5) is 10.3. The van der Waals surface area contributed by atoms with Crippen LogP contribution in [-0.2, 0) is 14.8 Å². The molecule has 0 saturated heterocycles. The summed E-state index contributed by atoms with van der Waals surface area (Å²) in [5.74, 6) is -0.0632. The maximum Gasteiger partial charge on any atom is 0.303 e. The van der Waals surface area contributed by atoms with Gasteiger partial charge < -0.3 is 5.11 Å². The van der Waals surface area contributed by atoms with Crippen LogP contribution in [0.2, 0.25) is 0 Å². The quantitative estimate of drug-likeness (QED) is 0.708. The molecule has 1 aliphatic rings. The Bertz CT molecular complexity index is 369. The molecule has 0 aliphatic heterocycles. The minimum Gasteiger partial charge on any atom is -0.481 e. The number of sulfonamides is 1. The third-order valence-corrected chi connectivity index (χ3v) is 5.78. The molecule has 2 unspecified atom stereocenters. The van der Waals surface area contributed by atoms with Gasteiger partial charge in [-0.3, -0.25) is 4.79 Å². The van der Waals surface area contributed by atoms with Crippen molar-refractivity contribution in [1.29, 1.82) is 0 Å². The number of carboxylic acid groups (broad SMARTS) is 1. The topological polar surface area (TPSA) is 83.5 Å². The minimum absolute atomic E-state index is 0.0183. The first kappa shape index (κ1) is 15.8. The predicted octanol–water partition coefficient (Wildman–Crippen LogP) is 1.44. The van der Waals surface area contributed by atoms with E-state index in [0.29, 0.717) is 5.25 Å². The van der Waals surface area contributed by atoms with Crippen molar-refractivity contribution in [2.45, 2.75) is 50.3 Å². The number of nitrogens with one attached hydrogen (secondary N) is 1. The highest BCUT2D eigenvalue weighted by Gasteiger charge is 2.30. The summed E-state index contributed by atoms with van der Waals surface area (Å²) < 4.78 is 26.3. The highest BCUT2D eigenvalue weighted by molar-refractivity contribution is 8.00. The molecule has 0 aromatic carbocycles. The number of hydrogen-bond acceptors (Lipinski definition) is 4. The molecule has 5 nitrogen and oxygen atoms in total. The second-order valence-corrected chi connectivity index (χ2v) is 7.85. The number of carbonyl (C=O) groups is 1. The molecule has 0 heterocycles. The van der Waals surface area contributed by atoms with E-state index in [0.717, 1.165) is 25.0 Å². The largest absolute Gasteiger partial charge is 0.481 e. The summed E-state index contributed by atoms with van der Waals surface area (Å²) in [6.07, 6.45) is 3.07. The molecule has 1 fully saturated rings. The molecule has 2 atom stereocenters. The lowest BCUT2D eigenvalue weighted by Crippen LogP contribution is -2.40. The number of rotatable bonds is 8. The SMILES string of the molecule is CCSC1CCCC1NS(=O)(=O)CCCC(=O)O. The molecule has 0 radical (unpaired) electrons. The third-order valence-electron chi connectivity index (χ3n) is 2.97. The van der Waals surface area contributed by atoms with Gasteiger partial charge in [-0.25, -0.2) is 13.1 Å². The lowest BCUT2D eigenvalue weighted by atomic mass is 10.3. The highest BCUT2D eigenvalue weighted by atomic mass is 32.2. The first-order valence-corrected chi connectivity index (χ1v) is 8.98. The summed E-state index contributed by atoms with van der Waals surface area (Å²) in [5.41, 5.74) is 0. The third kappa shape index (κ3) is 5.58. The van der Waals surface area contributed by atoms with Gasteiger partial charge in [-0.15, -0.1) is 0 Å². The van der Waals surface area contributed by atoms with Crippen LogP contribution in [-0.4, -0.2) is 42.3 Å². The second kappa shape index (κ2) is 7.35. The molecule has 0 aromatic rings. The molecular formula is C11H21NO4S2. The van der Waals surface area contributed by atoms with Gasteiger partial charge in [0.2, 0.25) is 10.0 Å². The van der Waals surface area contributed by atoms with Crippen molar-refractivity contribution < 1.29 is 18.3 Å². The molecule has 106 valence electrons. The second-order valence-electron chi connectivity index (χ2n) is 4.47. The van der Waals surface area contributed by atoms with Crippen molar-refractivity contribution >= 4 is 27.8 Å². The Kier molecular flexibility index (Phi) is 6.45. The van der Waals surface area contributed by atoms with Crippen molar-refractivity contribution in [1.82, 2.24) is 4.72 Å². The summed E-state index contributed by atoms with van der Waals surface area (Å²) in [6, 6.07) is 0.0183. The van der Waals surface area contributed by atoms with Gasteiger partial charge in [0.25, 0.3) is 0 Å². The van der Waals surface area contributed by atoms with Crippen LogP contribution in [0.3, 0.4) is 0 Å². The lowest BCUT2D eigenvalue weighted by molar-refractivity contribution is -0.137. The molecule has 1 aliphatic carbocycles. The summed E-state index contributed by atoms with van der Waals surface area (Å²) in [7, 11) is -3.34. The maximum atomic E-state index is 11.8. The first-order chi connectivity index (χ1) is 8.44. The van der Waals surface area contributed by atoms with Gasteiger partial charge in [-0.1, -0.05) is 13.3 Å². The van der Waals surface area contributed by atoms with Crippen LogP contribution in [0, 0.1) is 0 Å². The highest BCUT2D eigenvalue weighted by Crippen LogP contribution is 2.30. The standard InChI is InChI=1S/C11H21NO4S2/c1-2-17-10-6-3-5-9(10)12-18(15,16)8-4-7-11(13)14/h9-10,12H,2-8H2,1H3,(H,13,14). The van der Waals surface area contributed by atoms with Crippen LogP contribution in [0.15, 0.2) is 0 Å². The maximum absolute atomic E-state index is 11.8. The van der Waals surface area contributed by atoms with Gasteiger partial charge in [0.15, 0.2) is 0 Å². The van der Waals surface area contributed by atoms with Crippen molar-refractivity contribution in [3.8, 4) is 0 Å². The van der Waals surface area contributed by atoms with Gasteiger partial charge in [0.05, 0.1) is 5.75 Å². The number of aliphatic carboxylic acids is 1. The molecule has 7 heteroatoms. The van der Waals surface area contributed by atoms with E-state index in [1.54, 1.807) is 11.8 Å². The molecule has 2 N–H and O–H groups in total. The van der Waals surface area contributed by atoms with E-state index in [-0.39, 0.29) is 24.6 Å². The van der Waals surface area contributed by atoms with Crippen LogP contribution in [0.25, 0.3) is 0 Å². The van der Waals surface area contributed by atoms with E-state index in [9.17, 15) is 13.2 Å². The fourth-order valence-corrected chi connectivity index (χ4v) is 4.85. The van der Waals surface area contributed by atoms with E-state index < -0.39 is 16.0 Å².